The number of halogens is 1. The molecule has 0 unspecified atom stereocenters. The predicted octanol–water partition coefficient (Wildman–Crippen LogP) is 2.71. The Bertz CT molecular complexity index is 1130. The highest BCUT2D eigenvalue weighted by atomic mass is 19.1. The molecule has 1 N–H and O–H groups in total. The minimum Gasteiger partial charge on any atom is -0.337 e. The molecule has 0 bridgehead atoms. The Labute approximate surface area is 164 Å². The molecule has 9 heteroatoms. The number of nitriles is 1. The highest BCUT2D eigenvalue weighted by molar-refractivity contribution is 6.07. The molecule has 0 saturated carbocycles. The Morgan fingerprint density at radius 3 is 2.52 bits per heavy atom. The summed E-state index contributed by atoms with van der Waals surface area (Å²) in [6.07, 6.45) is 0. The van der Waals surface area contributed by atoms with Crippen molar-refractivity contribution in [3.63, 3.8) is 0 Å². The zero-order valence-corrected chi connectivity index (χ0v) is 15.2. The van der Waals surface area contributed by atoms with Crippen molar-refractivity contribution in [2.24, 2.45) is 0 Å². The largest absolute Gasteiger partial charge is 0.337 e. The topological polar surface area (TPSA) is 112 Å². The smallest absolute Gasteiger partial charge is 0.325 e. The molecule has 3 aromatic rings. The molecule has 1 saturated heterocycles. The number of imide groups is 1. The standard InChI is InChI=1S/C20H14FN5O3/c1-20(14-6-2-12(10-22)3-7-14)18(27)26(19(28)24-20)11-16-23-17(25-29-16)13-4-8-15(21)9-5-13/h2-9H,11H2,1H3,(H,24,28)/t20-/m1/s1. The number of carbonyl (C=O) groups excluding carboxylic acids is 2. The summed E-state index contributed by atoms with van der Waals surface area (Å²) in [4.78, 5) is 30.5. The second-order valence-electron chi connectivity index (χ2n) is 6.65. The molecule has 1 aromatic heterocycles. The molecular weight excluding hydrogens is 377 g/mol. The number of nitrogens with zero attached hydrogens (tertiary/aromatic N) is 4. The van der Waals surface area contributed by atoms with Crippen LogP contribution in [0.15, 0.2) is 53.1 Å². The Hall–Kier alpha value is -4.06. The van der Waals surface area contributed by atoms with E-state index in [0.29, 0.717) is 16.7 Å². The first-order valence-electron chi connectivity index (χ1n) is 8.64. The molecule has 1 fully saturated rings. The molecule has 2 aromatic carbocycles. The van der Waals surface area contributed by atoms with Gasteiger partial charge >= 0.3 is 6.03 Å². The summed E-state index contributed by atoms with van der Waals surface area (Å²) in [5, 5.41) is 15.4. The van der Waals surface area contributed by atoms with E-state index in [9.17, 15) is 14.0 Å². The summed E-state index contributed by atoms with van der Waals surface area (Å²) < 4.78 is 18.2. The fourth-order valence-electron chi connectivity index (χ4n) is 3.08. The van der Waals surface area contributed by atoms with Crippen molar-refractivity contribution < 1.29 is 18.5 Å². The molecule has 29 heavy (non-hydrogen) atoms. The maximum atomic E-state index is 13.1. The summed E-state index contributed by atoms with van der Waals surface area (Å²) in [6.45, 7) is 1.39. The van der Waals surface area contributed by atoms with Crippen molar-refractivity contribution in [2.45, 2.75) is 19.0 Å². The minimum atomic E-state index is -1.27. The maximum absolute atomic E-state index is 13.1. The van der Waals surface area contributed by atoms with Gasteiger partial charge in [0.1, 0.15) is 17.9 Å². The van der Waals surface area contributed by atoms with Gasteiger partial charge in [-0.25, -0.2) is 9.18 Å². The van der Waals surface area contributed by atoms with Crippen LogP contribution in [-0.2, 0) is 16.9 Å². The third-order valence-corrected chi connectivity index (χ3v) is 4.73. The van der Waals surface area contributed by atoms with Crippen LogP contribution in [0, 0.1) is 17.1 Å². The minimum absolute atomic E-state index is 0.0666. The lowest BCUT2D eigenvalue weighted by molar-refractivity contribution is -0.131. The van der Waals surface area contributed by atoms with Crippen LogP contribution in [0.4, 0.5) is 9.18 Å². The average Bonchev–Trinajstić information content (AvgIpc) is 3.28. The van der Waals surface area contributed by atoms with Crippen LogP contribution < -0.4 is 5.32 Å². The van der Waals surface area contributed by atoms with Gasteiger partial charge in [0, 0.05) is 5.56 Å². The Balaban J connectivity index is 1.55. The normalized spacial score (nSPS) is 18.6. The highest BCUT2D eigenvalue weighted by Gasteiger charge is 2.49. The third-order valence-electron chi connectivity index (χ3n) is 4.73. The first-order valence-corrected chi connectivity index (χ1v) is 8.64. The van der Waals surface area contributed by atoms with Crippen LogP contribution in [0.3, 0.4) is 0 Å². The quantitative estimate of drug-likeness (QED) is 0.685. The van der Waals surface area contributed by atoms with Crippen LogP contribution in [0.25, 0.3) is 11.4 Å². The number of hydrogen-bond acceptors (Lipinski definition) is 6. The van der Waals surface area contributed by atoms with E-state index in [1.807, 2.05) is 6.07 Å². The van der Waals surface area contributed by atoms with Crippen LogP contribution in [0.1, 0.15) is 23.9 Å². The first-order chi connectivity index (χ1) is 13.9. The van der Waals surface area contributed by atoms with Gasteiger partial charge in [-0.05, 0) is 48.9 Å². The second-order valence-corrected chi connectivity index (χ2v) is 6.65. The van der Waals surface area contributed by atoms with E-state index < -0.39 is 17.5 Å². The zero-order chi connectivity index (χ0) is 20.6. The van der Waals surface area contributed by atoms with Crippen LogP contribution in [-0.4, -0.2) is 27.0 Å². The molecule has 2 heterocycles. The number of rotatable bonds is 4. The summed E-state index contributed by atoms with van der Waals surface area (Å²) in [5.41, 5.74) is 0.270. The number of urea groups is 1. The average molecular weight is 391 g/mol. The fourth-order valence-corrected chi connectivity index (χ4v) is 3.08. The van der Waals surface area contributed by atoms with E-state index in [4.69, 9.17) is 9.78 Å². The molecule has 1 atom stereocenters. The SMILES string of the molecule is C[C@]1(c2ccc(C#N)cc2)NC(=O)N(Cc2nc(-c3ccc(F)cc3)no2)C1=O. The number of amides is 3. The summed E-state index contributed by atoms with van der Waals surface area (Å²) >= 11 is 0. The lowest BCUT2D eigenvalue weighted by Gasteiger charge is -2.21. The van der Waals surface area contributed by atoms with Gasteiger partial charge in [0.2, 0.25) is 11.7 Å². The van der Waals surface area contributed by atoms with Gasteiger partial charge in [-0.15, -0.1) is 0 Å². The van der Waals surface area contributed by atoms with Crippen molar-refractivity contribution in [3.05, 3.63) is 71.4 Å². The van der Waals surface area contributed by atoms with Gasteiger partial charge in [-0.1, -0.05) is 17.3 Å². The van der Waals surface area contributed by atoms with E-state index in [-0.39, 0.29) is 24.1 Å². The lowest BCUT2D eigenvalue weighted by atomic mass is 9.91. The van der Waals surface area contributed by atoms with Crippen molar-refractivity contribution in [3.8, 4) is 17.5 Å². The second kappa shape index (κ2) is 6.83. The summed E-state index contributed by atoms with van der Waals surface area (Å²) in [7, 11) is 0. The molecule has 1 aliphatic rings. The van der Waals surface area contributed by atoms with Gasteiger partial charge in [0.15, 0.2) is 0 Å². The van der Waals surface area contributed by atoms with Crippen LogP contribution in [0.2, 0.25) is 0 Å². The monoisotopic (exact) mass is 391 g/mol. The molecule has 0 aliphatic carbocycles. The molecule has 0 radical (unpaired) electrons. The Morgan fingerprint density at radius 2 is 1.86 bits per heavy atom. The molecule has 144 valence electrons. The highest BCUT2D eigenvalue weighted by Crippen LogP contribution is 2.30. The van der Waals surface area contributed by atoms with E-state index in [2.05, 4.69) is 15.5 Å². The van der Waals surface area contributed by atoms with Gasteiger partial charge in [0.25, 0.3) is 5.91 Å². The van der Waals surface area contributed by atoms with E-state index in [0.717, 1.165) is 4.90 Å². The van der Waals surface area contributed by atoms with Crippen molar-refractivity contribution >= 4 is 11.9 Å². The van der Waals surface area contributed by atoms with Crippen molar-refractivity contribution in [1.82, 2.24) is 20.4 Å². The Morgan fingerprint density at radius 1 is 1.17 bits per heavy atom. The number of aromatic nitrogens is 2. The van der Waals surface area contributed by atoms with Gasteiger partial charge in [-0.2, -0.15) is 10.2 Å². The maximum Gasteiger partial charge on any atom is 0.325 e. The van der Waals surface area contributed by atoms with Crippen molar-refractivity contribution in [1.29, 1.82) is 5.26 Å². The molecule has 0 spiro atoms. The third kappa shape index (κ3) is 3.21. The number of benzene rings is 2. The zero-order valence-electron chi connectivity index (χ0n) is 15.2. The van der Waals surface area contributed by atoms with E-state index in [1.54, 1.807) is 31.2 Å². The van der Waals surface area contributed by atoms with Crippen LogP contribution >= 0.6 is 0 Å². The fraction of sp³-hybridized carbons (Fsp3) is 0.150. The van der Waals surface area contributed by atoms with Gasteiger partial charge in [-0.3, -0.25) is 9.69 Å². The Kier molecular flexibility index (Phi) is 4.31. The number of nitrogens with one attached hydrogen (secondary N) is 1. The molecule has 3 amide bonds. The summed E-state index contributed by atoms with van der Waals surface area (Å²) in [6, 6.07) is 13.4. The lowest BCUT2D eigenvalue weighted by Crippen LogP contribution is -2.40. The van der Waals surface area contributed by atoms with Crippen LogP contribution in [0.5, 0.6) is 0 Å². The molecular formula is C20H14FN5O3. The number of hydrogen-bond donors (Lipinski definition) is 1. The summed E-state index contributed by atoms with van der Waals surface area (Å²) in [5.74, 6) is -0.577. The van der Waals surface area contributed by atoms with Gasteiger partial charge in [0.05, 0.1) is 11.6 Å². The predicted molar refractivity (Wildman–Crippen MR) is 97.3 cm³/mol. The molecule has 4 rings (SSSR count). The van der Waals surface area contributed by atoms with E-state index in [1.165, 1.54) is 24.3 Å². The van der Waals surface area contributed by atoms with E-state index >= 15 is 0 Å². The molecule has 1 aliphatic heterocycles. The molecule has 8 nitrogen and oxygen atoms in total. The first kappa shape index (κ1) is 18.3. The van der Waals surface area contributed by atoms with Crippen molar-refractivity contribution in [2.75, 3.05) is 0 Å². The van der Waals surface area contributed by atoms with Gasteiger partial charge < -0.3 is 9.84 Å². The number of carbonyl (C=O) groups is 2.